The largest absolute Gasteiger partial charge is 0.462 e. The summed E-state index contributed by atoms with van der Waals surface area (Å²) >= 11 is 0. The van der Waals surface area contributed by atoms with Crippen LogP contribution in [0.1, 0.15) is 290 Å². The number of carbonyl (C=O) groups is 3. The van der Waals surface area contributed by atoms with Crippen LogP contribution >= 0.6 is 0 Å². The highest BCUT2D eigenvalue weighted by Gasteiger charge is 2.19. The number of hydrogen-bond donors (Lipinski definition) is 0. The predicted molar refractivity (Wildman–Crippen MR) is 288 cm³/mol. The van der Waals surface area contributed by atoms with Crippen LogP contribution in [0, 0.1) is 0 Å². The molecule has 0 radical (unpaired) electrons. The van der Waals surface area contributed by atoms with Gasteiger partial charge in [0.25, 0.3) is 0 Å². The second-order valence-electron chi connectivity index (χ2n) is 19.2. The normalized spacial score (nSPS) is 12.5. The van der Waals surface area contributed by atoms with Gasteiger partial charge in [0.15, 0.2) is 6.10 Å². The Balaban J connectivity index is 4.13. The maximum atomic E-state index is 12.8. The first kappa shape index (κ1) is 64.1. The number of rotatable bonds is 52. The first-order valence-corrected chi connectivity index (χ1v) is 28.8. The Bertz CT molecular complexity index is 1210. The first-order valence-electron chi connectivity index (χ1n) is 28.8. The van der Waals surface area contributed by atoms with Crippen molar-refractivity contribution in [1.29, 1.82) is 0 Å². The quantitative estimate of drug-likeness (QED) is 0.0262. The molecule has 1 unspecified atom stereocenters. The molecule has 388 valence electrons. The lowest BCUT2D eigenvalue weighted by molar-refractivity contribution is -0.167. The molecule has 0 saturated carbocycles. The summed E-state index contributed by atoms with van der Waals surface area (Å²) in [6, 6.07) is 0. The number of esters is 3. The van der Waals surface area contributed by atoms with Crippen LogP contribution in [0.4, 0.5) is 0 Å². The van der Waals surface area contributed by atoms with Gasteiger partial charge in [0.1, 0.15) is 13.2 Å². The van der Waals surface area contributed by atoms with Gasteiger partial charge in [-0.05, 0) is 64.2 Å². The van der Waals surface area contributed by atoms with Gasteiger partial charge >= 0.3 is 17.9 Å². The van der Waals surface area contributed by atoms with E-state index in [1.54, 1.807) is 0 Å². The molecule has 0 aromatic carbocycles. The Morgan fingerprint density at radius 1 is 0.313 bits per heavy atom. The molecule has 0 heterocycles. The highest BCUT2D eigenvalue weighted by Crippen LogP contribution is 2.16. The molecule has 6 nitrogen and oxygen atoms in total. The zero-order valence-electron chi connectivity index (χ0n) is 44.4. The lowest BCUT2D eigenvalue weighted by atomic mass is 10.0. The molecule has 0 aromatic heterocycles. The van der Waals surface area contributed by atoms with E-state index >= 15 is 0 Å². The zero-order chi connectivity index (χ0) is 48.6. The van der Waals surface area contributed by atoms with Gasteiger partial charge in [-0.2, -0.15) is 0 Å². The van der Waals surface area contributed by atoms with Crippen molar-refractivity contribution in [3.63, 3.8) is 0 Å². The minimum Gasteiger partial charge on any atom is -0.462 e. The van der Waals surface area contributed by atoms with Gasteiger partial charge < -0.3 is 14.2 Å². The molecule has 0 rings (SSSR count). The average molecular weight is 938 g/mol. The summed E-state index contributed by atoms with van der Waals surface area (Å²) < 4.78 is 16.8. The summed E-state index contributed by atoms with van der Waals surface area (Å²) in [5, 5.41) is 0. The Hall–Kier alpha value is -2.89. The maximum absolute atomic E-state index is 12.8. The van der Waals surface area contributed by atoms with Gasteiger partial charge in [-0.1, -0.05) is 268 Å². The van der Waals surface area contributed by atoms with E-state index in [2.05, 4.69) is 81.5 Å². The number of allylic oxidation sites excluding steroid dienone is 10. The molecule has 0 spiro atoms. The van der Waals surface area contributed by atoms with Crippen molar-refractivity contribution >= 4 is 17.9 Å². The van der Waals surface area contributed by atoms with Crippen molar-refractivity contribution in [3.05, 3.63) is 60.8 Å². The number of carbonyl (C=O) groups excluding carboxylic acids is 3. The van der Waals surface area contributed by atoms with E-state index in [9.17, 15) is 14.4 Å². The highest BCUT2D eigenvalue weighted by atomic mass is 16.6. The Kier molecular flexibility index (Phi) is 53.3. The predicted octanol–water partition coefficient (Wildman–Crippen LogP) is 19.2. The van der Waals surface area contributed by atoms with Crippen molar-refractivity contribution in [3.8, 4) is 0 Å². The van der Waals surface area contributed by atoms with E-state index in [4.69, 9.17) is 14.2 Å². The fourth-order valence-electron chi connectivity index (χ4n) is 8.24. The number of hydrogen-bond acceptors (Lipinski definition) is 6. The third-order valence-corrected chi connectivity index (χ3v) is 12.5. The van der Waals surface area contributed by atoms with E-state index in [1.807, 2.05) is 0 Å². The molecular weight excluding hydrogens is 829 g/mol. The molecule has 0 saturated heterocycles. The van der Waals surface area contributed by atoms with Crippen LogP contribution in [-0.2, 0) is 28.6 Å². The minimum absolute atomic E-state index is 0.0732. The molecule has 0 bridgehead atoms. The molecule has 0 N–H and O–H groups in total. The van der Waals surface area contributed by atoms with Crippen molar-refractivity contribution in [2.75, 3.05) is 13.2 Å². The molecular formula is C61H108O6. The van der Waals surface area contributed by atoms with Crippen LogP contribution < -0.4 is 0 Å². The van der Waals surface area contributed by atoms with Gasteiger partial charge in [0.05, 0.1) is 0 Å². The second-order valence-corrected chi connectivity index (χ2v) is 19.2. The van der Waals surface area contributed by atoms with Crippen LogP contribution in [0.25, 0.3) is 0 Å². The summed E-state index contributed by atoms with van der Waals surface area (Å²) in [5.74, 6) is -0.877. The summed E-state index contributed by atoms with van der Waals surface area (Å²) in [4.78, 5) is 37.9. The summed E-state index contributed by atoms with van der Waals surface area (Å²) in [6.07, 6.45) is 69.6. The molecule has 0 fully saturated rings. The SMILES string of the molecule is CC/C=C\C/C=C\C/C=C\C/C=C\C/C=C\CCCCCCCCCCCC(=O)OCC(COC(=O)CCCCCCCC)OC(=O)CCCCCCCCCCCCCCCCCCCC. The second kappa shape index (κ2) is 55.7. The van der Waals surface area contributed by atoms with E-state index in [1.165, 1.54) is 154 Å². The van der Waals surface area contributed by atoms with Gasteiger partial charge in [0.2, 0.25) is 0 Å². The Labute approximate surface area is 415 Å². The third kappa shape index (κ3) is 53.9. The molecule has 0 aliphatic carbocycles. The maximum Gasteiger partial charge on any atom is 0.306 e. The van der Waals surface area contributed by atoms with Crippen LogP contribution in [0.15, 0.2) is 60.8 Å². The van der Waals surface area contributed by atoms with Crippen molar-refractivity contribution in [1.82, 2.24) is 0 Å². The number of unbranched alkanes of at least 4 members (excludes halogenated alkanes) is 31. The van der Waals surface area contributed by atoms with E-state index < -0.39 is 6.10 Å². The monoisotopic (exact) mass is 937 g/mol. The molecule has 6 heteroatoms. The van der Waals surface area contributed by atoms with E-state index in [0.29, 0.717) is 19.3 Å². The fourth-order valence-corrected chi connectivity index (χ4v) is 8.24. The molecule has 0 aliphatic heterocycles. The average Bonchev–Trinajstić information content (AvgIpc) is 3.33. The van der Waals surface area contributed by atoms with Crippen LogP contribution in [0.2, 0.25) is 0 Å². The lowest BCUT2D eigenvalue weighted by Gasteiger charge is -2.18. The third-order valence-electron chi connectivity index (χ3n) is 12.5. The molecule has 0 aliphatic rings. The van der Waals surface area contributed by atoms with Gasteiger partial charge in [-0.3, -0.25) is 14.4 Å². The van der Waals surface area contributed by atoms with Crippen LogP contribution in [-0.4, -0.2) is 37.2 Å². The minimum atomic E-state index is -0.771. The summed E-state index contributed by atoms with van der Waals surface area (Å²) in [6.45, 7) is 6.49. The van der Waals surface area contributed by atoms with E-state index in [0.717, 1.165) is 96.3 Å². The smallest absolute Gasteiger partial charge is 0.306 e. The Morgan fingerprint density at radius 2 is 0.582 bits per heavy atom. The molecule has 0 aromatic rings. The van der Waals surface area contributed by atoms with Gasteiger partial charge in [0, 0.05) is 19.3 Å². The number of ether oxygens (including phenoxy) is 3. The van der Waals surface area contributed by atoms with Crippen LogP contribution in [0.5, 0.6) is 0 Å². The molecule has 1 atom stereocenters. The zero-order valence-corrected chi connectivity index (χ0v) is 44.4. The standard InChI is InChI=1S/C61H108O6/c1-4-7-10-13-16-18-20-22-24-26-28-29-30-31-32-33-34-36-37-39-41-43-45-48-51-54-60(63)66-57-58(56-65-59(62)53-50-47-15-12-9-6-3)67-61(64)55-52-49-46-44-42-40-38-35-27-25-23-21-19-17-14-11-8-5-2/h7,10,16,18,22,24,28-29,31-32,58H,4-6,8-9,11-15,17,19-21,23,25-27,30,33-57H2,1-3H3/b10-7-,18-16-,24-22-,29-28-,32-31-. The topological polar surface area (TPSA) is 78.9 Å². The van der Waals surface area contributed by atoms with Crippen LogP contribution in [0.3, 0.4) is 0 Å². The highest BCUT2D eigenvalue weighted by molar-refractivity contribution is 5.71. The molecule has 0 amide bonds. The van der Waals surface area contributed by atoms with Crippen molar-refractivity contribution in [2.45, 2.75) is 297 Å². The molecule has 67 heavy (non-hydrogen) atoms. The Morgan fingerprint density at radius 3 is 0.910 bits per heavy atom. The van der Waals surface area contributed by atoms with Crippen molar-refractivity contribution < 1.29 is 28.6 Å². The fraction of sp³-hybridized carbons (Fsp3) is 0.787. The lowest BCUT2D eigenvalue weighted by Crippen LogP contribution is -2.30. The van der Waals surface area contributed by atoms with Gasteiger partial charge in [-0.15, -0.1) is 0 Å². The van der Waals surface area contributed by atoms with E-state index in [-0.39, 0.29) is 31.1 Å². The summed E-state index contributed by atoms with van der Waals surface area (Å²) in [7, 11) is 0. The first-order chi connectivity index (χ1) is 33.0. The van der Waals surface area contributed by atoms with Gasteiger partial charge in [-0.25, -0.2) is 0 Å². The van der Waals surface area contributed by atoms with Crippen molar-refractivity contribution in [2.24, 2.45) is 0 Å². The summed E-state index contributed by atoms with van der Waals surface area (Å²) in [5.41, 5.74) is 0.